The van der Waals surface area contributed by atoms with E-state index in [0.717, 1.165) is 16.3 Å². The summed E-state index contributed by atoms with van der Waals surface area (Å²) >= 11 is 0. The maximum atomic E-state index is 11.5. The Kier molecular flexibility index (Phi) is 3.76. The zero-order valence-corrected chi connectivity index (χ0v) is 11.3. The van der Waals surface area contributed by atoms with E-state index in [9.17, 15) is 9.59 Å². The van der Waals surface area contributed by atoms with E-state index in [1.54, 1.807) is 18.2 Å². The summed E-state index contributed by atoms with van der Waals surface area (Å²) in [6.45, 7) is 2.75. The van der Waals surface area contributed by atoms with Crippen molar-refractivity contribution >= 4 is 28.4 Å². The minimum Gasteiger partial charge on any atom is -0.294 e. The highest BCUT2D eigenvalue weighted by Gasteiger charge is 2.11. The molecule has 0 spiro atoms. The van der Waals surface area contributed by atoms with Crippen LogP contribution in [0.5, 0.6) is 0 Å². The zero-order valence-electron chi connectivity index (χ0n) is 11.3. The van der Waals surface area contributed by atoms with E-state index in [-0.39, 0.29) is 17.1 Å². The first-order valence-electron chi connectivity index (χ1n) is 6.20. The van der Waals surface area contributed by atoms with Gasteiger partial charge < -0.3 is 0 Å². The maximum Gasteiger partial charge on any atom is 0.163 e. The predicted octanol–water partition coefficient (Wildman–Crippen LogP) is 3.27. The van der Waals surface area contributed by atoms with Crippen LogP contribution in [0.25, 0.3) is 16.8 Å². The molecule has 0 aliphatic carbocycles. The fourth-order valence-electron chi connectivity index (χ4n) is 2.15. The van der Waals surface area contributed by atoms with Crippen LogP contribution in [0.4, 0.5) is 0 Å². The number of carbonyl (C=O) groups is 2. The molecule has 3 heteroatoms. The van der Waals surface area contributed by atoms with Gasteiger partial charge in [0.1, 0.15) is 0 Å². The van der Waals surface area contributed by atoms with E-state index < -0.39 is 0 Å². The first-order chi connectivity index (χ1) is 9.54. The van der Waals surface area contributed by atoms with Gasteiger partial charge in [0.05, 0.1) is 17.2 Å². The lowest BCUT2D eigenvalue weighted by atomic mass is 9.97. The summed E-state index contributed by atoms with van der Waals surface area (Å²) in [7, 11) is 0. The Morgan fingerprint density at radius 2 is 1.60 bits per heavy atom. The quantitative estimate of drug-likeness (QED) is 0.485. The zero-order chi connectivity index (χ0) is 14.7. The molecule has 3 nitrogen and oxygen atoms in total. The molecule has 0 amide bonds. The number of Topliss-reactive ketones (excluding diaryl/α,β-unsaturated/α-hetero) is 2. The van der Waals surface area contributed by atoms with Crippen molar-refractivity contribution in [3.8, 4) is 6.07 Å². The number of rotatable bonds is 3. The van der Waals surface area contributed by atoms with E-state index in [4.69, 9.17) is 5.26 Å². The SMILES string of the molecule is CC(=O)C(=Cc1ccc(C#N)c2ccccc12)C(C)=O. The van der Waals surface area contributed by atoms with Crippen molar-refractivity contribution in [2.45, 2.75) is 13.8 Å². The Morgan fingerprint density at radius 3 is 2.15 bits per heavy atom. The van der Waals surface area contributed by atoms with Crippen LogP contribution in [0.1, 0.15) is 25.0 Å². The third-order valence-corrected chi connectivity index (χ3v) is 3.14. The molecular weight excluding hydrogens is 250 g/mol. The number of hydrogen-bond donors (Lipinski definition) is 0. The van der Waals surface area contributed by atoms with Crippen LogP contribution < -0.4 is 0 Å². The van der Waals surface area contributed by atoms with E-state index in [1.807, 2.05) is 24.3 Å². The lowest BCUT2D eigenvalue weighted by Gasteiger charge is -2.06. The van der Waals surface area contributed by atoms with Gasteiger partial charge in [0, 0.05) is 5.39 Å². The second-order valence-electron chi connectivity index (χ2n) is 4.53. The van der Waals surface area contributed by atoms with Crippen LogP contribution in [-0.2, 0) is 9.59 Å². The topological polar surface area (TPSA) is 57.9 Å². The molecule has 0 saturated carbocycles. The number of hydrogen-bond acceptors (Lipinski definition) is 3. The number of benzene rings is 2. The molecule has 0 saturated heterocycles. The van der Waals surface area contributed by atoms with Crippen molar-refractivity contribution in [3.05, 3.63) is 53.1 Å². The number of carbonyl (C=O) groups excluding carboxylic acids is 2. The molecule has 0 aromatic heterocycles. The van der Waals surface area contributed by atoms with Crippen LogP contribution >= 0.6 is 0 Å². The van der Waals surface area contributed by atoms with Gasteiger partial charge in [-0.2, -0.15) is 5.26 Å². The number of fused-ring (bicyclic) bond motifs is 1. The fourth-order valence-corrected chi connectivity index (χ4v) is 2.15. The maximum absolute atomic E-state index is 11.5. The molecule has 2 aromatic rings. The van der Waals surface area contributed by atoms with Crippen molar-refractivity contribution in [2.24, 2.45) is 0 Å². The Balaban J connectivity index is 2.74. The largest absolute Gasteiger partial charge is 0.294 e. The third-order valence-electron chi connectivity index (χ3n) is 3.14. The van der Waals surface area contributed by atoms with Gasteiger partial charge >= 0.3 is 0 Å². The Bertz CT molecular complexity index is 763. The number of nitriles is 1. The van der Waals surface area contributed by atoms with Crippen LogP contribution in [0, 0.1) is 11.3 Å². The van der Waals surface area contributed by atoms with Crippen LogP contribution in [-0.4, -0.2) is 11.6 Å². The monoisotopic (exact) mass is 263 g/mol. The van der Waals surface area contributed by atoms with Gasteiger partial charge in [0.2, 0.25) is 0 Å². The second kappa shape index (κ2) is 5.50. The van der Waals surface area contributed by atoms with E-state index in [1.165, 1.54) is 13.8 Å². The lowest BCUT2D eigenvalue weighted by Crippen LogP contribution is -2.05. The highest BCUT2D eigenvalue weighted by atomic mass is 16.1. The standard InChI is InChI=1S/C17H13NO2/c1-11(19)17(12(2)20)9-13-7-8-14(10-18)16-6-4-3-5-15(13)16/h3-9H,1-2H3. The molecular formula is C17H13NO2. The summed E-state index contributed by atoms with van der Waals surface area (Å²) in [5.74, 6) is -0.517. The molecule has 2 rings (SSSR count). The summed E-state index contributed by atoms with van der Waals surface area (Å²) < 4.78 is 0. The van der Waals surface area contributed by atoms with Crippen LogP contribution in [0.3, 0.4) is 0 Å². The number of ketones is 2. The molecule has 0 heterocycles. The first kappa shape index (κ1) is 13.7. The number of nitrogens with zero attached hydrogens (tertiary/aromatic N) is 1. The molecule has 0 fully saturated rings. The van der Waals surface area contributed by atoms with Crippen molar-refractivity contribution < 1.29 is 9.59 Å². The molecule has 20 heavy (non-hydrogen) atoms. The molecule has 0 N–H and O–H groups in total. The Morgan fingerprint density at radius 1 is 1.00 bits per heavy atom. The van der Waals surface area contributed by atoms with Gasteiger partial charge in [-0.05, 0) is 36.9 Å². The molecule has 0 radical (unpaired) electrons. The lowest BCUT2D eigenvalue weighted by molar-refractivity contribution is -0.119. The Labute approximate surface area is 117 Å². The van der Waals surface area contributed by atoms with E-state index in [0.29, 0.717) is 5.56 Å². The highest BCUT2D eigenvalue weighted by molar-refractivity contribution is 6.22. The molecule has 0 aliphatic heterocycles. The van der Waals surface area contributed by atoms with Crippen LogP contribution in [0.15, 0.2) is 42.0 Å². The van der Waals surface area contributed by atoms with E-state index in [2.05, 4.69) is 6.07 Å². The predicted molar refractivity (Wildman–Crippen MR) is 78.0 cm³/mol. The second-order valence-corrected chi connectivity index (χ2v) is 4.53. The minimum absolute atomic E-state index is 0.167. The van der Waals surface area contributed by atoms with Gasteiger partial charge in [-0.3, -0.25) is 9.59 Å². The van der Waals surface area contributed by atoms with Gasteiger partial charge in [-0.25, -0.2) is 0 Å². The average molecular weight is 263 g/mol. The summed E-state index contributed by atoms with van der Waals surface area (Å²) in [6.07, 6.45) is 1.59. The molecule has 0 unspecified atom stereocenters. The average Bonchev–Trinajstić information content (AvgIpc) is 2.43. The van der Waals surface area contributed by atoms with Crippen molar-refractivity contribution in [1.82, 2.24) is 0 Å². The molecule has 0 atom stereocenters. The van der Waals surface area contributed by atoms with Crippen molar-refractivity contribution in [1.29, 1.82) is 5.26 Å². The van der Waals surface area contributed by atoms with Gasteiger partial charge in [0.25, 0.3) is 0 Å². The smallest absolute Gasteiger partial charge is 0.163 e. The van der Waals surface area contributed by atoms with E-state index >= 15 is 0 Å². The summed E-state index contributed by atoms with van der Waals surface area (Å²) in [6, 6.07) is 13.0. The van der Waals surface area contributed by atoms with Crippen molar-refractivity contribution in [3.63, 3.8) is 0 Å². The van der Waals surface area contributed by atoms with Crippen molar-refractivity contribution in [2.75, 3.05) is 0 Å². The van der Waals surface area contributed by atoms with Crippen LogP contribution in [0.2, 0.25) is 0 Å². The third kappa shape index (κ3) is 2.50. The minimum atomic E-state index is -0.258. The Hall–Kier alpha value is -2.73. The molecule has 2 aromatic carbocycles. The molecule has 0 bridgehead atoms. The first-order valence-corrected chi connectivity index (χ1v) is 6.20. The fraction of sp³-hybridized carbons (Fsp3) is 0.118. The van der Waals surface area contributed by atoms with Gasteiger partial charge in [-0.15, -0.1) is 0 Å². The summed E-state index contributed by atoms with van der Waals surface area (Å²) in [4.78, 5) is 23.0. The molecule has 98 valence electrons. The highest BCUT2D eigenvalue weighted by Crippen LogP contribution is 2.24. The molecule has 0 aliphatic rings. The summed E-state index contributed by atoms with van der Waals surface area (Å²) in [5.41, 5.74) is 1.50. The van der Waals surface area contributed by atoms with Gasteiger partial charge in [-0.1, -0.05) is 30.3 Å². The van der Waals surface area contributed by atoms with Gasteiger partial charge in [0.15, 0.2) is 11.6 Å². The summed E-state index contributed by atoms with van der Waals surface area (Å²) in [5, 5.41) is 10.8. The normalized spacial score (nSPS) is 9.85. The number of allylic oxidation sites excluding steroid dienone is 1.